The van der Waals surface area contributed by atoms with Gasteiger partial charge in [-0.3, -0.25) is 4.79 Å². The number of aryl methyl sites for hydroxylation is 3. The fraction of sp³-hybridized carbons (Fsp3) is 0.391. The van der Waals surface area contributed by atoms with E-state index in [-0.39, 0.29) is 5.91 Å². The molecule has 6 nitrogen and oxygen atoms in total. The van der Waals surface area contributed by atoms with Gasteiger partial charge in [0.1, 0.15) is 0 Å². The maximum absolute atomic E-state index is 12.5. The molecule has 0 aliphatic rings. The Hall–Kier alpha value is -3.02. The van der Waals surface area contributed by atoms with Gasteiger partial charge in [0, 0.05) is 5.69 Å². The van der Waals surface area contributed by atoms with Crippen molar-refractivity contribution < 1.29 is 23.8 Å². The van der Waals surface area contributed by atoms with E-state index in [0.717, 1.165) is 22.4 Å². The van der Waals surface area contributed by atoms with Crippen LogP contribution in [0.5, 0.6) is 11.5 Å². The summed E-state index contributed by atoms with van der Waals surface area (Å²) in [5.74, 6) is 0.0344. The summed E-state index contributed by atoms with van der Waals surface area (Å²) in [7, 11) is 0. The van der Waals surface area contributed by atoms with Crippen LogP contribution >= 0.6 is 0 Å². The third-order valence-electron chi connectivity index (χ3n) is 4.36. The SMILES string of the molecule is CCOc1ccc(C(=O)O[C@@H](C)C(=O)Nc2c(C)cc(C)cc2C)cc1OCC. The number of rotatable bonds is 8. The second-order valence-electron chi connectivity index (χ2n) is 6.84. The number of hydrogen-bond donors (Lipinski definition) is 1. The first-order valence-electron chi connectivity index (χ1n) is 9.76. The normalized spacial score (nSPS) is 11.5. The average molecular weight is 399 g/mol. The third-order valence-corrected chi connectivity index (χ3v) is 4.36. The molecule has 0 heterocycles. The number of amides is 1. The zero-order valence-corrected chi connectivity index (χ0v) is 17.9. The smallest absolute Gasteiger partial charge is 0.339 e. The van der Waals surface area contributed by atoms with Gasteiger partial charge in [-0.1, -0.05) is 17.7 Å². The maximum Gasteiger partial charge on any atom is 0.339 e. The molecule has 0 fully saturated rings. The van der Waals surface area contributed by atoms with Gasteiger partial charge >= 0.3 is 5.97 Å². The number of nitrogens with one attached hydrogen (secondary N) is 1. The van der Waals surface area contributed by atoms with Crippen LogP contribution in [-0.4, -0.2) is 31.2 Å². The minimum atomic E-state index is -0.954. The molecule has 0 aromatic heterocycles. The van der Waals surface area contributed by atoms with Crippen LogP contribution < -0.4 is 14.8 Å². The number of anilines is 1. The monoisotopic (exact) mass is 399 g/mol. The second kappa shape index (κ2) is 9.96. The van der Waals surface area contributed by atoms with Crippen molar-refractivity contribution >= 4 is 17.6 Å². The first-order chi connectivity index (χ1) is 13.8. The van der Waals surface area contributed by atoms with Gasteiger partial charge in [0.25, 0.3) is 5.91 Å². The highest BCUT2D eigenvalue weighted by molar-refractivity contribution is 5.98. The Balaban J connectivity index is 2.10. The highest BCUT2D eigenvalue weighted by Crippen LogP contribution is 2.29. The van der Waals surface area contributed by atoms with Gasteiger partial charge in [0.15, 0.2) is 17.6 Å². The molecule has 0 bridgehead atoms. The highest BCUT2D eigenvalue weighted by atomic mass is 16.5. The molecule has 156 valence electrons. The molecule has 0 spiro atoms. The van der Waals surface area contributed by atoms with Crippen molar-refractivity contribution in [1.82, 2.24) is 0 Å². The van der Waals surface area contributed by atoms with E-state index in [0.29, 0.717) is 30.3 Å². The van der Waals surface area contributed by atoms with Crippen LogP contribution in [0.25, 0.3) is 0 Å². The predicted octanol–water partition coefficient (Wildman–Crippen LogP) is 4.59. The lowest BCUT2D eigenvalue weighted by Crippen LogP contribution is -2.30. The first-order valence-corrected chi connectivity index (χ1v) is 9.76. The average Bonchev–Trinajstić information content (AvgIpc) is 2.66. The minimum absolute atomic E-state index is 0.291. The molecular formula is C23H29NO5. The van der Waals surface area contributed by atoms with Gasteiger partial charge < -0.3 is 19.5 Å². The van der Waals surface area contributed by atoms with Crippen molar-refractivity contribution in [2.24, 2.45) is 0 Å². The number of esters is 1. The first kappa shape index (κ1) is 22.3. The maximum atomic E-state index is 12.5. The molecule has 2 aromatic rings. The summed E-state index contributed by atoms with van der Waals surface area (Å²) in [6, 6.07) is 8.81. The van der Waals surface area contributed by atoms with Crippen LogP contribution in [0, 0.1) is 20.8 Å². The van der Waals surface area contributed by atoms with Crippen LogP contribution in [0.15, 0.2) is 30.3 Å². The summed E-state index contributed by atoms with van der Waals surface area (Å²) < 4.78 is 16.4. The molecular weight excluding hydrogens is 370 g/mol. The molecule has 0 unspecified atom stereocenters. The van der Waals surface area contributed by atoms with Gasteiger partial charge in [0.05, 0.1) is 18.8 Å². The van der Waals surface area contributed by atoms with E-state index in [1.54, 1.807) is 25.1 Å². The van der Waals surface area contributed by atoms with Crippen molar-refractivity contribution in [3.8, 4) is 11.5 Å². The summed E-state index contributed by atoms with van der Waals surface area (Å²) in [5.41, 5.74) is 4.07. The van der Waals surface area contributed by atoms with Crippen molar-refractivity contribution in [2.75, 3.05) is 18.5 Å². The van der Waals surface area contributed by atoms with E-state index in [1.807, 2.05) is 46.8 Å². The summed E-state index contributed by atoms with van der Waals surface area (Å²) in [6.45, 7) is 12.1. The number of carbonyl (C=O) groups excluding carboxylic acids is 2. The van der Waals surface area contributed by atoms with Gasteiger partial charge in [-0.15, -0.1) is 0 Å². The predicted molar refractivity (Wildman–Crippen MR) is 113 cm³/mol. The van der Waals surface area contributed by atoms with Gasteiger partial charge in [0.2, 0.25) is 0 Å². The largest absolute Gasteiger partial charge is 0.490 e. The number of hydrogen-bond acceptors (Lipinski definition) is 5. The van der Waals surface area contributed by atoms with Crippen LogP contribution in [-0.2, 0) is 9.53 Å². The van der Waals surface area contributed by atoms with Gasteiger partial charge in [-0.2, -0.15) is 0 Å². The molecule has 0 radical (unpaired) electrons. The molecule has 1 N–H and O–H groups in total. The Bertz CT molecular complexity index is 868. The van der Waals surface area contributed by atoms with E-state index in [4.69, 9.17) is 14.2 Å². The fourth-order valence-electron chi connectivity index (χ4n) is 3.06. The molecule has 0 aliphatic heterocycles. The number of ether oxygens (including phenoxy) is 3. The summed E-state index contributed by atoms with van der Waals surface area (Å²) in [6.07, 6.45) is -0.954. The zero-order valence-electron chi connectivity index (χ0n) is 17.9. The van der Waals surface area contributed by atoms with Crippen LogP contribution in [0.2, 0.25) is 0 Å². The lowest BCUT2D eigenvalue weighted by Gasteiger charge is -2.17. The van der Waals surface area contributed by atoms with E-state index >= 15 is 0 Å². The number of benzene rings is 2. The van der Waals surface area contributed by atoms with Crippen molar-refractivity contribution in [3.63, 3.8) is 0 Å². The minimum Gasteiger partial charge on any atom is -0.490 e. The molecule has 0 saturated carbocycles. The van der Waals surface area contributed by atoms with Gasteiger partial charge in [-0.25, -0.2) is 4.79 Å². The molecule has 29 heavy (non-hydrogen) atoms. The Morgan fingerprint density at radius 2 is 1.52 bits per heavy atom. The van der Waals surface area contributed by atoms with Crippen molar-refractivity contribution in [3.05, 3.63) is 52.6 Å². The molecule has 0 saturated heterocycles. The summed E-state index contributed by atoms with van der Waals surface area (Å²) >= 11 is 0. The standard InChI is InChI=1S/C23H29NO5/c1-7-27-19-10-9-18(13-20(19)28-8-2)23(26)29-17(6)22(25)24-21-15(4)11-14(3)12-16(21)5/h9-13,17H,7-8H2,1-6H3,(H,24,25)/t17-/m0/s1. The molecule has 1 atom stereocenters. The molecule has 1 amide bonds. The topological polar surface area (TPSA) is 73.9 Å². The van der Waals surface area contributed by atoms with E-state index in [9.17, 15) is 9.59 Å². The fourth-order valence-corrected chi connectivity index (χ4v) is 3.06. The second-order valence-corrected chi connectivity index (χ2v) is 6.84. The van der Waals surface area contributed by atoms with E-state index < -0.39 is 12.1 Å². The van der Waals surface area contributed by atoms with Crippen molar-refractivity contribution in [1.29, 1.82) is 0 Å². The molecule has 2 rings (SSSR count). The molecule has 6 heteroatoms. The Kier molecular flexibility index (Phi) is 7.65. The lowest BCUT2D eigenvalue weighted by molar-refractivity contribution is -0.123. The number of carbonyl (C=O) groups is 2. The van der Waals surface area contributed by atoms with Crippen LogP contribution in [0.4, 0.5) is 5.69 Å². The molecule has 2 aromatic carbocycles. The Morgan fingerprint density at radius 1 is 0.931 bits per heavy atom. The Morgan fingerprint density at radius 3 is 2.10 bits per heavy atom. The van der Waals surface area contributed by atoms with E-state index in [2.05, 4.69) is 5.32 Å². The highest BCUT2D eigenvalue weighted by Gasteiger charge is 2.21. The van der Waals surface area contributed by atoms with Crippen LogP contribution in [0.1, 0.15) is 47.8 Å². The van der Waals surface area contributed by atoms with Crippen molar-refractivity contribution in [2.45, 2.75) is 47.6 Å². The van der Waals surface area contributed by atoms with Crippen LogP contribution in [0.3, 0.4) is 0 Å². The summed E-state index contributed by atoms with van der Waals surface area (Å²) in [4.78, 5) is 25.1. The zero-order chi connectivity index (χ0) is 21.6. The quantitative estimate of drug-likeness (QED) is 0.657. The van der Waals surface area contributed by atoms with Gasteiger partial charge in [-0.05, 0) is 70.9 Å². The lowest BCUT2D eigenvalue weighted by atomic mass is 10.0. The molecule has 0 aliphatic carbocycles. The Labute approximate surface area is 172 Å². The van der Waals surface area contributed by atoms with E-state index in [1.165, 1.54) is 0 Å². The summed E-state index contributed by atoms with van der Waals surface area (Å²) in [5, 5.41) is 2.86. The third kappa shape index (κ3) is 5.73.